The second kappa shape index (κ2) is 2.59. The van der Waals surface area contributed by atoms with Gasteiger partial charge in [-0.2, -0.15) is 0 Å². The minimum absolute atomic E-state index is 0.0326. The number of imide groups is 1. The van der Waals surface area contributed by atoms with Gasteiger partial charge >= 0.3 is 0 Å². The predicted octanol–water partition coefficient (Wildman–Crippen LogP) is 1.59. The van der Waals surface area contributed by atoms with E-state index in [4.69, 9.17) is 0 Å². The zero-order chi connectivity index (χ0) is 12.2. The third kappa shape index (κ3) is 0.749. The Morgan fingerprint density at radius 2 is 2.11 bits per heavy atom. The second-order valence-electron chi connectivity index (χ2n) is 7.09. The molecular formula is C15H17NO2. The maximum atomic E-state index is 12.4. The third-order valence-corrected chi connectivity index (χ3v) is 6.79. The molecule has 0 aromatic heterocycles. The minimum Gasteiger partial charge on any atom is -0.285 e. The molecule has 0 N–H and O–H groups in total. The van der Waals surface area contributed by atoms with Gasteiger partial charge in [0.15, 0.2) is 0 Å². The highest BCUT2D eigenvalue weighted by molar-refractivity contribution is 6.06. The Labute approximate surface area is 106 Å². The van der Waals surface area contributed by atoms with E-state index in [0.29, 0.717) is 17.8 Å². The third-order valence-electron chi connectivity index (χ3n) is 6.79. The fraction of sp³-hybridized carbons (Fsp3) is 0.733. The predicted molar refractivity (Wildman–Crippen MR) is 64.2 cm³/mol. The van der Waals surface area contributed by atoms with E-state index in [-0.39, 0.29) is 29.1 Å². The molecule has 94 valence electrons. The maximum absolute atomic E-state index is 12.4. The molecule has 5 aliphatic rings. The van der Waals surface area contributed by atoms with Gasteiger partial charge in [0, 0.05) is 7.05 Å². The molecule has 3 heteroatoms. The van der Waals surface area contributed by atoms with Gasteiger partial charge in [-0.3, -0.25) is 14.5 Å². The van der Waals surface area contributed by atoms with Crippen molar-refractivity contribution in [1.82, 2.24) is 4.90 Å². The molecule has 3 saturated carbocycles. The molecular weight excluding hydrogens is 226 g/mol. The molecule has 0 aromatic carbocycles. The van der Waals surface area contributed by atoms with Crippen molar-refractivity contribution >= 4 is 11.8 Å². The molecule has 4 aliphatic carbocycles. The SMILES string of the molecule is CN1C(=O)C2C3CC4(CC5=CCC3C4C5)C2C1=O. The van der Waals surface area contributed by atoms with Crippen molar-refractivity contribution in [3.8, 4) is 0 Å². The summed E-state index contributed by atoms with van der Waals surface area (Å²) in [5, 5.41) is 0. The first-order valence-corrected chi connectivity index (χ1v) is 7.13. The Morgan fingerprint density at radius 3 is 2.94 bits per heavy atom. The number of amides is 2. The van der Waals surface area contributed by atoms with Crippen molar-refractivity contribution in [2.45, 2.75) is 25.7 Å². The normalized spacial score (nSPS) is 55.3. The highest BCUT2D eigenvalue weighted by Gasteiger charge is 2.75. The van der Waals surface area contributed by atoms with Crippen LogP contribution in [0.1, 0.15) is 25.7 Å². The summed E-state index contributed by atoms with van der Waals surface area (Å²) in [6.45, 7) is 0. The number of hydrogen-bond donors (Lipinski definition) is 0. The van der Waals surface area contributed by atoms with Gasteiger partial charge in [0.2, 0.25) is 11.8 Å². The Kier molecular flexibility index (Phi) is 1.40. The molecule has 3 nitrogen and oxygen atoms in total. The number of allylic oxidation sites excluding steroid dienone is 2. The van der Waals surface area contributed by atoms with Crippen molar-refractivity contribution in [2.75, 3.05) is 7.05 Å². The maximum Gasteiger partial charge on any atom is 0.233 e. The van der Waals surface area contributed by atoms with E-state index in [1.165, 1.54) is 17.7 Å². The van der Waals surface area contributed by atoms with Crippen LogP contribution in [0.25, 0.3) is 0 Å². The van der Waals surface area contributed by atoms with Crippen LogP contribution < -0.4 is 0 Å². The first kappa shape index (κ1) is 9.76. The second-order valence-corrected chi connectivity index (χ2v) is 7.09. The topological polar surface area (TPSA) is 37.4 Å². The van der Waals surface area contributed by atoms with E-state index >= 15 is 0 Å². The molecule has 5 rings (SSSR count). The van der Waals surface area contributed by atoms with Gasteiger partial charge in [-0.05, 0) is 48.9 Å². The average molecular weight is 243 g/mol. The molecule has 0 aromatic rings. The molecule has 6 atom stereocenters. The van der Waals surface area contributed by atoms with Crippen LogP contribution in [-0.4, -0.2) is 23.8 Å². The van der Waals surface area contributed by atoms with Crippen LogP contribution in [0.3, 0.4) is 0 Å². The van der Waals surface area contributed by atoms with E-state index in [2.05, 4.69) is 6.08 Å². The monoisotopic (exact) mass is 243 g/mol. The van der Waals surface area contributed by atoms with Crippen molar-refractivity contribution < 1.29 is 9.59 Å². The molecule has 4 bridgehead atoms. The Balaban J connectivity index is 1.73. The molecule has 6 unspecified atom stereocenters. The number of carbonyl (C=O) groups is 2. The lowest BCUT2D eigenvalue weighted by Gasteiger charge is -2.39. The molecule has 2 amide bonds. The largest absolute Gasteiger partial charge is 0.285 e. The van der Waals surface area contributed by atoms with Crippen LogP contribution in [-0.2, 0) is 9.59 Å². The number of likely N-dealkylation sites (tertiary alicyclic amines) is 1. The van der Waals surface area contributed by atoms with Crippen LogP contribution in [0, 0.1) is 35.0 Å². The zero-order valence-corrected chi connectivity index (χ0v) is 10.6. The number of fused-ring (bicyclic) bond motifs is 5. The first-order chi connectivity index (χ1) is 8.63. The Hall–Kier alpha value is -1.12. The molecule has 1 heterocycles. The Bertz CT molecular complexity index is 537. The molecule has 4 fully saturated rings. The fourth-order valence-corrected chi connectivity index (χ4v) is 6.33. The summed E-state index contributed by atoms with van der Waals surface area (Å²) in [6, 6.07) is 0. The number of nitrogens with zero attached hydrogens (tertiary/aromatic N) is 1. The molecule has 18 heavy (non-hydrogen) atoms. The van der Waals surface area contributed by atoms with Gasteiger partial charge in [-0.1, -0.05) is 11.6 Å². The van der Waals surface area contributed by atoms with Crippen LogP contribution in [0.5, 0.6) is 0 Å². The summed E-state index contributed by atoms with van der Waals surface area (Å²) in [5.74, 6) is 2.22. The van der Waals surface area contributed by atoms with Crippen molar-refractivity contribution in [3.63, 3.8) is 0 Å². The summed E-state index contributed by atoms with van der Waals surface area (Å²) >= 11 is 0. The van der Waals surface area contributed by atoms with Crippen LogP contribution in [0.15, 0.2) is 11.6 Å². The minimum atomic E-state index is 0.0326. The van der Waals surface area contributed by atoms with Gasteiger partial charge in [0.1, 0.15) is 0 Å². The van der Waals surface area contributed by atoms with Crippen LogP contribution >= 0.6 is 0 Å². The zero-order valence-electron chi connectivity index (χ0n) is 10.6. The summed E-state index contributed by atoms with van der Waals surface area (Å²) < 4.78 is 0. The summed E-state index contributed by atoms with van der Waals surface area (Å²) in [6.07, 6.45) is 7.06. The summed E-state index contributed by atoms with van der Waals surface area (Å²) in [4.78, 5) is 26.2. The molecule has 1 spiro atoms. The number of rotatable bonds is 0. The van der Waals surface area contributed by atoms with E-state index < -0.39 is 0 Å². The van der Waals surface area contributed by atoms with Crippen molar-refractivity contribution in [3.05, 3.63) is 11.6 Å². The van der Waals surface area contributed by atoms with Crippen LogP contribution in [0.4, 0.5) is 0 Å². The van der Waals surface area contributed by atoms with E-state index in [1.54, 1.807) is 12.6 Å². The number of carbonyl (C=O) groups excluding carboxylic acids is 2. The first-order valence-electron chi connectivity index (χ1n) is 7.13. The van der Waals surface area contributed by atoms with Gasteiger partial charge < -0.3 is 0 Å². The van der Waals surface area contributed by atoms with E-state index in [1.807, 2.05) is 0 Å². The van der Waals surface area contributed by atoms with E-state index in [0.717, 1.165) is 12.8 Å². The van der Waals surface area contributed by atoms with Crippen molar-refractivity contribution in [2.24, 2.45) is 35.0 Å². The molecule has 0 radical (unpaired) electrons. The highest BCUT2D eigenvalue weighted by Crippen LogP contribution is 2.76. The van der Waals surface area contributed by atoms with Gasteiger partial charge in [0.25, 0.3) is 0 Å². The molecule has 1 saturated heterocycles. The quantitative estimate of drug-likeness (QED) is 0.478. The lowest BCUT2D eigenvalue weighted by Crippen LogP contribution is -2.41. The fourth-order valence-electron chi connectivity index (χ4n) is 6.33. The number of hydrogen-bond acceptors (Lipinski definition) is 2. The summed E-state index contributed by atoms with van der Waals surface area (Å²) in [7, 11) is 1.68. The van der Waals surface area contributed by atoms with Gasteiger partial charge in [0.05, 0.1) is 11.8 Å². The van der Waals surface area contributed by atoms with Crippen LogP contribution in [0.2, 0.25) is 0 Å². The average Bonchev–Trinajstić information content (AvgIpc) is 2.99. The Morgan fingerprint density at radius 1 is 1.28 bits per heavy atom. The lowest BCUT2D eigenvalue weighted by atomic mass is 9.62. The smallest absolute Gasteiger partial charge is 0.233 e. The lowest BCUT2D eigenvalue weighted by molar-refractivity contribution is -0.139. The van der Waals surface area contributed by atoms with E-state index in [9.17, 15) is 9.59 Å². The summed E-state index contributed by atoms with van der Waals surface area (Å²) in [5.41, 5.74) is 1.75. The molecule has 1 aliphatic heterocycles. The van der Waals surface area contributed by atoms with Crippen molar-refractivity contribution in [1.29, 1.82) is 0 Å². The highest BCUT2D eigenvalue weighted by atomic mass is 16.2. The van der Waals surface area contributed by atoms with Gasteiger partial charge in [-0.15, -0.1) is 0 Å². The standard InChI is InChI=1S/C15H17NO2/c1-16-13(17)11-9-6-15(12(11)14(16)18)5-7-2-3-8(9)10(15)4-7/h2,8-12H,3-6H2,1H3. The van der Waals surface area contributed by atoms with Gasteiger partial charge in [-0.25, -0.2) is 0 Å².